The van der Waals surface area contributed by atoms with Gasteiger partial charge in [-0.05, 0) is 30.5 Å². The summed E-state index contributed by atoms with van der Waals surface area (Å²) in [6, 6.07) is 6.95. The average Bonchev–Trinajstić information content (AvgIpc) is 2.64. The molecular weight excluding hydrogens is 338 g/mol. The van der Waals surface area contributed by atoms with Crippen molar-refractivity contribution in [3.05, 3.63) is 29.8 Å². The maximum atomic E-state index is 12.3. The lowest BCUT2D eigenvalue weighted by molar-refractivity contribution is -0.139. The van der Waals surface area contributed by atoms with E-state index in [4.69, 9.17) is 9.84 Å². The molecular formula is C18H25N3O5. The van der Waals surface area contributed by atoms with Crippen molar-refractivity contribution >= 4 is 17.9 Å². The van der Waals surface area contributed by atoms with Crippen LogP contribution in [0.15, 0.2) is 24.3 Å². The third-order valence-electron chi connectivity index (χ3n) is 4.25. The lowest BCUT2D eigenvalue weighted by Gasteiger charge is -2.33. The first-order chi connectivity index (χ1) is 12.4. The first kappa shape index (κ1) is 19.6. The molecule has 1 saturated heterocycles. The zero-order chi connectivity index (χ0) is 19.1. The van der Waals surface area contributed by atoms with Gasteiger partial charge in [0.15, 0.2) is 6.61 Å². The van der Waals surface area contributed by atoms with E-state index in [1.807, 2.05) is 6.07 Å². The van der Waals surface area contributed by atoms with Gasteiger partial charge >= 0.3 is 12.0 Å². The highest BCUT2D eigenvalue weighted by molar-refractivity contribution is 5.79. The average molecular weight is 363 g/mol. The normalized spacial score (nSPS) is 14.6. The molecule has 1 aliphatic heterocycles. The molecule has 0 spiro atoms. The number of nitrogens with one attached hydrogen (secondary N) is 1. The summed E-state index contributed by atoms with van der Waals surface area (Å²) in [6.07, 6.45) is 1.29. The van der Waals surface area contributed by atoms with Gasteiger partial charge in [-0.3, -0.25) is 4.79 Å². The number of benzene rings is 1. The van der Waals surface area contributed by atoms with E-state index >= 15 is 0 Å². The van der Waals surface area contributed by atoms with Crippen LogP contribution in [0.3, 0.4) is 0 Å². The Morgan fingerprint density at radius 1 is 1.27 bits per heavy atom. The van der Waals surface area contributed by atoms with Crippen LogP contribution in [0, 0.1) is 5.92 Å². The molecule has 1 aliphatic rings. The number of aliphatic carboxylic acids is 1. The summed E-state index contributed by atoms with van der Waals surface area (Å²) in [5, 5.41) is 11.5. The number of ether oxygens (including phenoxy) is 1. The van der Waals surface area contributed by atoms with Crippen LogP contribution in [0.2, 0.25) is 0 Å². The highest BCUT2D eigenvalue weighted by Crippen LogP contribution is 2.19. The zero-order valence-corrected chi connectivity index (χ0v) is 15.1. The van der Waals surface area contributed by atoms with Crippen LogP contribution in [0.4, 0.5) is 4.79 Å². The lowest BCUT2D eigenvalue weighted by atomic mass is 9.96. The van der Waals surface area contributed by atoms with Gasteiger partial charge in [0, 0.05) is 39.6 Å². The molecule has 0 aromatic heterocycles. The number of piperidine rings is 1. The van der Waals surface area contributed by atoms with E-state index in [1.54, 1.807) is 42.1 Å². The number of urea groups is 1. The number of carboxylic acids is 1. The number of hydrogen-bond acceptors (Lipinski definition) is 4. The largest absolute Gasteiger partial charge is 0.482 e. The Labute approximate surface area is 152 Å². The van der Waals surface area contributed by atoms with Crippen LogP contribution in [-0.2, 0) is 16.1 Å². The second-order valence-corrected chi connectivity index (χ2v) is 6.49. The van der Waals surface area contributed by atoms with Crippen LogP contribution >= 0.6 is 0 Å². The molecule has 1 aromatic carbocycles. The van der Waals surface area contributed by atoms with E-state index < -0.39 is 12.6 Å². The van der Waals surface area contributed by atoms with Crippen molar-refractivity contribution in [3.63, 3.8) is 0 Å². The van der Waals surface area contributed by atoms with Gasteiger partial charge in [-0.1, -0.05) is 12.1 Å². The summed E-state index contributed by atoms with van der Waals surface area (Å²) in [5.74, 6) is -0.719. The summed E-state index contributed by atoms with van der Waals surface area (Å²) < 4.78 is 5.13. The van der Waals surface area contributed by atoms with E-state index in [2.05, 4.69) is 5.32 Å². The lowest BCUT2D eigenvalue weighted by Crippen LogP contribution is -2.46. The number of amides is 3. The second-order valence-electron chi connectivity index (χ2n) is 6.49. The van der Waals surface area contributed by atoms with Gasteiger partial charge in [-0.2, -0.15) is 0 Å². The van der Waals surface area contributed by atoms with Crippen LogP contribution in [0.1, 0.15) is 18.4 Å². The Morgan fingerprint density at radius 2 is 1.96 bits per heavy atom. The molecule has 1 heterocycles. The topological polar surface area (TPSA) is 99.2 Å². The fourth-order valence-electron chi connectivity index (χ4n) is 2.84. The molecule has 0 aliphatic carbocycles. The molecule has 2 rings (SSSR count). The van der Waals surface area contributed by atoms with Crippen LogP contribution in [0.5, 0.6) is 5.75 Å². The molecule has 1 aromatic rings. The summed E-state index contributed by atoms with van der Waals surface area (Å²) in [6.45, 7) is 1.10. The minimum absolute atomic E-state index is 0.0259. The first-order valence-electron chi connectivity index (χ1n) is 8.54. The summed E-state index contributed by atoms with van der Waals surface area (Å²) in [4.78, 5) is 38.1. The van der Waals surface area contributed by atoms with Gasteiger partial charge in [0.05, 0.1) is 0 Å². The molecule has 0 radical (unpaired) electrons. The fourth-order valence-corrected chi connectivity index (χ4v) is 2.84. The summed E-state index contributed by atoms with van der Waals surface area (Å²) in [5.41, 5.74) is 0.835. The maximum Gasteiger partial charge on any atom is 0.341 e. The van der Waals surface area contributed by atoms with E-state index in [9.17, 15) is 14.4 Å². The summed E-state index contributed by atoms with van der Waals surface area (Å²) >= 11 is 0. The van der Waals surface area contributed by atoms with Crippen molar-refractivity contribution in [2.45, 2.75) is 19.4 Å². The second kappa shape index (κ2) is 9.07. The van der Waals surface area contributed by atoms with Crippen LogP contribution < -0.4 is 10.1 Å². The number of rotatable bonds is 6. The van der Waals surface area contributed by atoms with Crippen LogP contribution in [-0.4, -0.2) is 66.6 Å². The fraction of sp³-hybridized carbons (Fsp3) is 0.500. The molecule has 0 saturated carbocycles. The van der Waals surface area contributed by atoms with Crippen molar-refractivity contribution in [1.82, 2.24) is 15.1 Å². The highest BCUT2D eigenvalue weighted by atomic mass is 16.5. The number of likely N-dealkylation sites (tertiary alicyclic amines) is 1. The van der Waals surface area contributed by atoms with Gasteiger partial charge < -0.3 is 25.0 Å². The molecule has 142 valence electrons. The number of carboxylic acid groups (broad SMARTS) is 1. The number of carbonyl (C=O) groups is 3. The molecule has 8 nitrogen and oxygen atoms in total. The maximum absolute atomic E-state index is 12.3. The van der Waals surface area contributed by atoms with Crippen molar-refractivity contribution in [2.75, 3.05) is 33.8 Å². The Kier molecular flexibility index (Phi) is 6.82. The summed E-state index contributed by atoms with van der Waals surface area (Å²) in [7, 11) is 3.44. The van der Waals surface area contributed by atoms with Gasteiger partial charge in [0.2, 0.25) is 5.91 Å². The molecule has 0 bridgehead atoms. The van der Waals surface area contributed by atoms with E-state index in [-0.39, 0.29) is 17.9 Å². The van der Waals surface area contributed by atoms with Crippen molar-refractivity contribution in [2.24, 2.45) is 5.92 Å². The molecule has 26 heavy (non-hydrogen) atoms. The van der Waals surface area contributed by atoms with E-state index in [0.717, 1.165) is 5.56 Å². The minimum Gasteiger partial charge on any atom is -0.482 e. The van der Waals surface area contributed by atoms with Crippen molar-refractivity contribution in [3.8, 4) is 5.75 Å². The standard InChI is InChI=1S/C18H25N3O5/c1-20(2)18(25)21-8-6-14(7-9-21)17(24)19-11-13-4-3-5-15(10-13)26-12-16(22)23/h3-5,10,14H,6-9,11-12H2,1-2H3,(H,19,24)(H,22,23). The monoisotopic (exact) mass is 363 g/mol. The smallest absolute Gasteiger partial charge is 0.341 e. The predicted molar refractivity (Wildman–Crippen MR) is 94.8 cm³/mol. The molecule has 8 heteroatoms. The number of nitrogens with zero attached hydrogens (tertiary/aromatic N) is 2. The number of hydrogen-bond donors (Lipinski definition) is 2. The molecule has 0 atom stereocenters. The Balaban J connectivity index is 1.79. The predicted octanol–water partition coefficient (Wildman–Crippen LogP) is 1.16. The molecule has 2 N–H and O–H groups in total. The molecule has 1 fully saturated rings. The Morgan fingerprint density at radius 3 is 2.58 bits per heavy atom. The van der Waals surface area contributed by atoms with Gasteiger partial charge in [-0.15, -0.1) is 0 Å². The third kappa shape index (κ3) is 5.65. The zero-order valence-electron chi connectivity index (χ0n) is 15.1. The van der Waals surface area contributed by atoms with Gasteiger partial charge in [0.25, 0.3) is 0 Å². The Hall–Kier alpha value is -2.77. The first-order valence-corrected chi connectivity index (χ1v) is 8.54. The minimum atomic E-state index is -1.04. The number of carbonyl (C=O) groups excluding carboxylic acids is 2. The van der Waals surface area contributed by atoms with Gasteiger partial charge in [0.1, 0.15) is 5.75 Å². The van der Waals surface area contributed by atoms with Crippen molar-refractivity contribution in [1.29, 1.82) is 0 Å². The third-order valence-corrected chi connectivity index (χ3v) is 4.25. The highest BCUT2D eigenvalue weighted by Gasteiger charge is 2.27. The van der Waals surface area contributed by atoms with Crippen LogP contribution in [0.25, 0.3) is 0 Å². The molecule has 3 amide bonds. The van der Waals surface area contributed by atoms with Gasteiger partial charge in [-0.25, -0.2) is 9.59 Å². The Bertz CT molecular complexity index is 654. The molecule has 0 unspecified atom stereocenters. The van der Waals surface area contributed by atoms with Crippen molar-refractivity contribution < 1.29 is 24.2 Å². The van der Waals surface area contributed by atoms with E-state index in [1.165, 1.54) is 0 Å². The quantitative estimate of drug-likeness (QED) is 0.790. The SMILES string of the molecule is CN(C)C(=O)N1CCC(C(=O)NCc2cccc(OCC(=O)O)c2)CC1. The van der Waals surface area contributed by atoms with E-state index in [0.29, 0.717) is 38.2 Å².